The fourth-order valence-electron chi connectivity index (χ4n) is 4.41. The van der Waals surface area contributed by atoms with Gasteiger partial charge < -0.3 is 0 Å². The highest BCUT2D eigenvalue weighted by Crippen LogP contribution is 2.66. The van der Waals surface area contributed by atoms with E-state index in [1.165, 1.54) is 26.0 Å². The van der Waals surface area contributed by atoms with E-state index < -0.39 is 28.9 Å². The van der Waals surface area contributed by atoms with Gasteiger partial charge in [-0.05, 0) is 72.5 Å². The quantitative estimate of drug-likeness (QED) is 0.208. The number of alkyl halides is 6. The standard InChI is InChI=1S/C27H16Cl2F6S2/c1-13-19(11-21(36-13)15-3-7-17(28)8-4-15)23-24(26(32,33)27(34,35)25(23,30)31)20-12-22(37-14(20)2)16-5-9-18(29)10-6-16/h3-12H,1-2H3. The zero-order chi connectivity index (χ0) is 26.9. The van der Waals surface area contributed by atoms with Gasteiger partial charge in [-0.2, -0.15) is 26.3 Å². The second kappa shape index (κ2) is 8.90. The summed E-state index contributed by atoms with van der Waals surface area (Å²) in [4.78, 5) is 1.37. The first-order valence-electron chi connectivity index (χ1n) is 10.9. The molecule has 0 radical (unpaired) electrons. The van der Waals surface area contributed by atoms with Gasteiger partial charge in [-0.15, -0.1) is 22.7 Å². The van der Waals surface area contributed by atoms with Crippen molar-refractivity contribution in [2.24, 2.45) is 0 Å². The summed E-state index contributed by atoms with van der Waals surface area (Å²) in [5.74, 6) is -15.8. The number of aryl methyl sites for hydroxylation is 2. The summed E-state index contributed by atoms with van der Waals surface area (Å²) in [5.41, 5.74) is -2.15. The molecule has 0 saturated heterocycles. The van der Waals surface area contributed by atoms with E-state index in [4.69, 9.17) is 23.2 Å². The smallest absolute Gasteiger partial charge is 0.194 e. The Bertz CT molecular complexity index is 1420. The third-order valence-corrected chi connectivity index (χ3v) is 9.00. The minimum atomic E-state index is -5.62. The van der Waals surface area contributed by atoms with Crippen LogP contribution in [0.15, 0.2) is 60.7 Å². The van der Waals surface area contributed by atoms with E-state index >= 15 is 17.6 Å². The molecule has 0 aliphatic heterocycles. The molecule has 2 heterocycles. The molecular formula is C27H16Cl2F6S2. The molecule has 0 atom stereocenters. The van der Waals surface area contributed by atoms with Gasteiger partial charge in [0.15, 0.2) is 0 Å². The summed E-state index contributed by atoms with van der Waals surface area (Å²) < 4.78 is 91.0. The van der Waals surface area contributed by atoms with Crippen molar-refractivity contribution >= 4 is 57.0 Å². The molecular weight excluding hydrogens is 573 g/mol. The van der Waals surface area contributed by atoms with Gasteiger partial charge in [-0.3, -0.25) is 0 Å². The van der Waals surface area contributed by atoms with Crippen molar-refractivity contribution in [3.8, 4) is 20.9 Å². The Morgan fingerprint density at radius 3 is 1.22 bits per heavy atom. The normalized spacial score (nSPS) is 18.0. The summed E-state index contributed by atoms with van der Waals surface area (Å²) >= 11 is 14.0. The Morgan fingerprint density at radius 1 is 0.568 bits per heavy atom. The minimum Gasteiger partial charge on any atom is -0.194 e. The van der Waals surface area contributed by atoms with Crippen LogP contribution in [0.2, 0.25) is 10.0 Å². The first-order valence-corrected chi connectivity index (χ1v) is 13.3. The fourth-order valence-corrected chi connectivity index (χ4v) is 6.72. The van der Waals surface area contributed by atoms with E-state index in [0.29, 0.717) is 30.9 Å². The molecule has 0 saturated carbocycles. The maximum absolute atomic E-state index is 15.3. The van der Waals surface area contributed by atoms with Gasteiger partial charge in [-0.25, -0.2) is 0 Å². The Labute approximate surface area is 226 Å². The van der Waals surface area contributed by atoms with Crippen LogP contribution in [0.3, 0.4) is 0 Å². The molecule has 0 nitrogen and oxygen atoms in total. The van der Waals surface area contributed by atoms with Crippen LogP contribution in [0.5, 0.6) is 0 Å². The predicted octanol–water partition coefficient (Wildman–Crippen LogP) is 10.9. The molecule has 1 aliphatic carbocycles. The molecule has 1 aliphatic rings. The lowest BCUT2D eigenvalue weighted by Gasteiger charge is -2.25. The monoisotopic (exact) mass is 588 g/mol. The lowest BCUT2D eigenvalue weighted by Crippen LogP contribution is -2.48. The molecule has 0 amide bonds. The highest BCUT2D eigenvalue weighted by molar-refractivity contribution is 7.16. The number of hydrogen-bond donors (Lipinski definition) is 0. The van der Waals surface area contributed by atoms with Gasteiger partial charge >= 0.3 is 17.8 Å². The molecule has 37 heavy (non-hydrogen) atoms. The van der Waals surface area contributed by atoms with Gasteiger partial charge in [0.25, 0.3) is 0 Å². The van der Waals surface area contributed by atoms with Crippen LogP contribution in [-0.2, 0) is 0 Å². The molecule has 192 valence electrons. The van der Waals surface area contributed by atoms with E-state index in [-0.39, 0.29) is 20.9 Å². The van der Waals surface area contributed by atoms with Crippen molar-refractivity contribution < 1.29 is 26.3 Å². The summed E-state index contributed by atoms with van der Waals surface area (Å²) in [5, 5.41) is 0.904. The maximum Gasteiger partial charge on any atom is 0.380 e. The van der Waals surface area contributed by atoms with Crippen LogP contribution < -0.4 is 0 Å². The van der Waals surface area contributed by atoms with E-state index in [2.05, 4.69) is 0 Å². The molecule has 0 unspecified atom stereocenters. The summed E-state index contributed by atoms with van der Waals surface area (Å²) in [7, 11) is 0. The second-order valence-corrected chi connectivity index (χ2v) is 12.0. The number of allylic oxidation sites excluding steroid dienone is 2. The number of rotatable bonds is 4. The van der Waals surface area contributed by atoms with Gasteiger partial charge in [-0.1, -0.05) is 47.5 Å². The summed E-state index contributed by atoms with van der Waals surface area (Å²) in [6.07, 6.45) is 0. The van der Waals surface area contributed by atoms with Crippen LogP contribution in [0.1, 0.15) is 20.9 Å². The van der Waals surface area contributed by atoms with Crippen LogP contribution in [-0.4, -0.2) is 17.8 Å². The molecule has 2 aromatic heterocycles. The summed E-state index contributed by atoms with van der Waals surface area (Å²) in [6, 6.07) is 15.5. The SMILES string of the molecule is Cc1sc(-c2ccc(Cl)cc2)cc1C1=C(c2cc(-c3ccc(Cl)cc3)sc2C)C(F)(F)C(F)(F)C1(F)F. The first-order chi connectivity index (χ1) is 17.3. The number of benzene rings is 2. The Morgan fingerprint density at radius 2 is 0.892 bits per heavy atom. The molecule has 0 fully saturated rings. The molecule has 0 N–H and O–H groups in total. The van der Waals surface area contributed by atoms with E-state index in [9.17, 15) is 8.78 Å². The largest absolute Gasteiger partial charge is 0.380 e. The Hall–Kier alpha value is -2.26. The molecule has 10 heteroatoms. The van der Waals surface area contributed by atoms with Crippen molar-refractivity contribution in [2.75, 3.05) is 0 Å². The molecule has 2 aromatic carbocycles. The van der Waals surface area contributed by atoms with Gasteiger partial charge in [0.1, 0.15) is 0 Å². The second-order valence-electron chi connectivity index (χ2n) is 8.65. The van der Waals surface area contributed by atoms with Crippen molar-refractivity contribution in [2.45, 2.75) is 31.6 Å². The zero-order valence-corrected chi connectivity index (χ0v) is 22.3. The average Bonchev–Trinajstić information content (AvgIpc) is 3.42. The van der Waals surface area contributed by atoms with Crippen LogP contribution in [0, 0.1) is 13.8 Å². The van der Waals surface area contributed by atoms with E-state index in [1.807, 2.05) is 0 Å². The number of hydrogen-bond acceptors (Lipinski definition) is 2. The topological polar surface area (TPSA) is 0 Å². The van der Waals surface area contributed by atoms with Crippen molar-refractivity contribution in [1.29, 1.82) is 0 Å². The van der Waals surface area contributed by atoms with E-state index in [1.54, 1.807) is 48.5 Å². The minimum absolute atomic E-state index is 0.219. The highest BCUT2D eigenvalue weighted by Gasteiger charge is 2.80. The van der Waals surface area contributed by atoms with Gasteiger partial charge in [0.05, 0.1) is 0 Å². The third-order valence-electron chi connectivity index (χ3n) is 6.30. The molecule has 0 bridgehead atoms. The summed E-state index contributed by atoms with van der Waals surface area (Å²) in [6.45, 7) is 2.91. The molecule has 4 aromatic rings. The maximum atomic E-state index is 15.3. The third kappa shape index (κ3) is 4.04. The predicted molar refractivity (Wildman–Crippen MR) is 141 cm³/mol. The van der Waals surface area contributed by atoms with Crippen molar-refractivity contribution in [3.05, 3.63) is 91.6 Å². The average molecular weight is 589 g/mol. The van der Waals surface area contributed by atoms with Crippen LogP contribution in [0.4, 0.5) is 26.3 Å². The molecule has 5 rings (SSSR count). The highest BCUT2D eigenvalue weighted by atomic mass is 35.5. The first kappa shape index (κ1) is 26.4. The number of halogens is 8. The van der Waals surface area contributed by atoms with Crippen LogP contribution >= 0.6 is 45.9 Å². The van der Waals surface area contributed by atoms with E-state index in [0.717, 1.165) is 22.7 Å². The van der Waals surface area contributed by atoms with Crippen LogP contribution in [0.25, 0.3) is 32.0 Å². The van der Waals surface area contributed by atoms with Crippen molar-refractivity contribution in [3.63, 3.8) is 0 Å². The fraction of sp³-hybridized carbons (Fsp3) is 0.185. The number of thiophene rings is 2. The molecule has 0 spiro atoms. The zero-order valence-electron chi connectivity index (χ0n) is 19.1. The van der Waals surface area contributed by atoms with Gasteiger partial charge in [0.2, 0.25) is 0 Å². The lowest BCUT2D eigenvalue weighted by molar-refractivity contribution is -0.254. The van der Waals surface area contributed by atoms with Crippen molar-refractivity contribution in [1.82, 2.24) is 0 Å². The Kier molecular flexibility index (Phi) is 6.34. The lowest BCUT2D eigenvalue weighted by atomic mass is 9.94. The Balaban J connectivity index is 1.76. The van der Waals surface area contributed by atoms with Gasteiger partial charge in [0, 0.05) is 40.7 Å².